The zero-order valence-electron chi connectivity index (χ0n) is 23.1. The van der Waals surface area contributed by atoms with Crippen molar-refractivity contribution in [3.63, 3.8) is 0 Å². The molecule has 0 amide bonds. The van der Waals surface area contributed by atoms with E-state index in [4.69, 9.17) is 0 Å². The van der Waals surface area contributed by atoms with E-state index >= 15 is 0 Å². The van der Waals surface area contributed by atoms with Gasteiger partial charge in [0, 0.05) is 12.5 Å². The average molecular weight is 555 g/mol. The van der Waals surface area contributed by atoms with E-state index in [1.807, 2.05) is 0 Å². The Labute approximate surface area is 245 Å². The van der Waals surface area contributed by atoms with Gasteiger partial charge in [0.25, 0.3) is 0 Å². The van der Waals surface area contributed by atoms with Crippen molar-refractivity contribution in [1.29, 1.82) is 0 Å². The van der Waals surface area contributed by atoms with Crippen LogP contribution in [-0.4, -0.2) is 64.9 Å². The molecule has 4 aliphatic carbocycles. The molecular weight excluding hydrogens is 507 g/mol. The van der Waals surface area contributed by atoms with Gasteiger partial charge in [-0.3, -0.25) is 4.18 Å². The largest absolute Gasteiger partial charge is 1.00 e. The Morgan fingerprint density at radius 1 is 1.03 bits per heavy atom. The van der Waals surface area contributed by atoms with Gasteiger partial charge in [-0.1, -0.05) is 33.6 Å². The van der Waals surface area contributed by atoms with Gasteiger partial charge in [0.05, 0.1) is 24.9 Å². The third-order valence-corrected chi connectivity index (χ3v) is 11.8. The summed E-state index contributed by atoms with van der Waals surface area (Å²) in [4.78, 5) is 0. The van der Waals surface area contributed by atoms with Crippen LogP contribution in [0.5, 0.6) is 0 Å². The molecule has 4 rings (SSSR count). The van der Waals surface area contributed by atoms with Gasteiger partial charge in [0.1, 0.15) is 0 Å². The van der Waals surface area contributed by atoms with E-state index in [0.717, 1.165) is 57.8 Å². The molecule has 0 bridgehead atoms. The van der Waals surface area contributed by atoms with Gasteiger partial charge in [-0.25, -0.2) is 8.42 Å². The van der Waals surface area contributed by atoms with E-state index in [2.05, 4.69) is 25.0 Å². The average Bonchev–Trinajstić information content (AvgIpc) is 3.12. The minimum absolute atomic E-state index is 0. The molecule has 4 N–H and O–H groups in total. The fourth-order valence-electron chi connectivity index (χ4n) is 9.62. The Bertz CT molecular complexity index is 872. The molecular formula is C27H47NaO8S. The van der Waals surface area contributed by atoms with Crippen molar-refractivity contribution in [2.75, 3.05) is 13.2 Å². The van der Waals surface area contributed by atoms with Crippen LogP contribution in [0.3, 0.4) is 0 Å². The molecule has 10 heteroatoms. The van der Waals surface area contributed by atoms with Crippen LogP contribution >= 0.6 is 0 Å². The van der Waals surface area contributed by atoms with Crippen molar-refractivity contribution in [2.24, 2.45) is 52.3 Å². The Morgan fingerprint density at radius 2 is 1.73 bits per heavy atom. The first-order valence-electron chi connectivity index (χ1n) is 14.1. The normalized spacial score (nSPS) is 45.2. The fraction of sp³-hybridized carbons (Fsp3) is 1.00. The predicted molar refractivity (Wildman–Crippen MR) is 133 cm³/mol. The van der Waals surface area contributed by atoms with Crippen LogP contribution in [0.2, 0.25) is 0 Å². The number of fused-ring (bicyclic) bond motifs is 5. The van der Waals surface area contributed by atoms with E-state index < -0.39 is 22.6 Å². The van der Waals surface area contributed by atoms with Gasteiger partial charge in [-0.05, 0) is 97.7 Å². The molecule has 0 aromatic heterocycles. The Balaban J connectivity index is 0.00000380. The van der Waals surface area contributed by atoms with Gasteiger partial charge in [0.15, 0.2) is 0 Å². The molecule has 4 fully saturated rings. The molecule has 0 radical (unpaired) electrons. The maximum absolute atomic E-state index is 11.6. The predicted octanol–water partition coefficient (Wildman–Crippen LogP) is -0.156. The first kappa shape index (κ1) is 32.2. The van der Waals surface area contributed by atoms with Crippen molar-refractivity contribution in [1.82, 2.24) is 0 Å². The molecule has 12 atom stereocenters. The Kier molecular flexibility index (Phi) is 10.7. The molecule has 37 heavy (non-hydrogen) atoms. The van der Waals surface area contributed by atoms with Crippen molar-refractivity contribution in [3.8, 4) is 0 Å². The Hall–Kier alpha value is 0.710. The van der Waals surface area contributed by atoms with Crippen LogP contribution in [0.15, 0.2) is 0 Å². The number of aliphatic hydroxyl groups is 4. The number of aliphatic hydroxyl groups excluding tert-OH is 4. The van der Waals surface area contributed by atoms with Crippen LogP contribution in [0.4, 0.5) is 0 Å². The van der Waals surface area contributed by atoms with Crippen LogP contribution in [0.25, 0.3) is 0 Å². The van der Waals surface area contributed by atoms with Crippen molar-refractivity contribution < 1.29 is 67.1 Å². The quantitative estimate of drug-likeness (QED) is 0.175. The molecule has 0 heterocycles. The second kappa shape index (κ2) is 12.3. The van der Waals surface area contributed by atoms with Crippen LogP contribution in [0.1, 0.15) is 85.0 Å². The third kappa shape index (κ3) is 6.47. The molecule has 4 aliphatic rings. The zero-order chi connectivity index (χ0) is 26.5. The molecule has 0 spiro atoms. The number of rotatable bonds is 9. The molecule has 0 aromatic rings. The van der Waals surface area contributed by atoms with Gasteiger partial charge in [-0.2, -0.15) is 0 Å². The van der Waals surface area contributed by atoms with E-state index in [1.165, 1.54) is 0 Å². The van der Waals surface area contributed by atoms with Crippen LogP contribution in [-0.2, 0) is 14.6 Å². The van der Waals surface area contributed by atoms with Crippen LogP contribution < -0.4 is 29.6 Å². The van der Waals surface area contributed by atoms with Gasteiger partial charge < -0.3 is 25.0 Å². The van der Waals surface area contributed by atoms with E-state index in [0.29, 0.717) is 24.2 Å². The van der Waals surface area contributed by atoms with Crippen LogP contribution in [0, 0.1) is 52.3 Å². The Morgan fingerprint density at radius 3 is 2.38 bits per heavy atom. The molecule has 210 valence electrons. The zero-order valence-corrected chi connectivity index (χ0v) is 25.9. The minimum Gasteiger partial charge on any atom is -0.726 e. The van der Waals surface area contributed by atoms with Gasteiger partial charge in [0.2, 0.25) is 10.4 Å². The maximum Gasteiger partial charge on any atom is 1.00 e. The summed E-state index contributed by atoms with van der Waals surface area (Å²) in [6.45, 7) is 6.36. The molecule has 0 aromatic carbocycles. The second-order valence-electron chi connectivity index (χ2n) is 13.3. The first-order valence-corrected chi connectivity index (χ1v) is 15.4. The summed E-state index contributed by atoms with van der Waals surface area (Å²) in [7, 11) is -4.76. The topological polar surface area (TPSA) is 147 Å². The SMILES string of the molecule is C[C@H](CCCC(CO)COS(=O)(=O)[O-])C1CCC2C3C(O)CC4CC(O)CC[C@]4(C)C3C(O)C[C@@]21C.[Na+]. The van der Waals surface area contributed by atoms with E-state index in [1.54, 1.807) is 0 Å². The molecule has 0 aliphatic heterocycles. The molecule has 4 saturated carbocycles. The summed E-state index contributed by atoms with van der Waals surface area (Å²) >= 11 is 0. The minimum atomic E-state index is -4.76. The van der Waals surface area contributed by atoms with E-state index in [-0.39, 0.29) is 83.4 Å². The van der Waals surface area contributed by atoms with Crippen molar-refractivity contribution >= 4 is 10.4 Å². The smallest absolute Gasteiger partial charge is 0.726 e. The monoisotopic (exact) mass is 554 g/mol. The summed E-state index contributed by atoms with van der Waals surface area (Å²) in [5.74, 6) is 1.23. The standard InChI is InChI=1S/C27H48O8S.Na/c1-16(5-4-6-17(14-28)15-35-36(32,33)34)20-7-8-21-24-22(30)12-18-11-19(29)9-10-26(18,2)25(24)23(31)13-27(20,21)3;/h16-25,28-31H,4-15H2,1-3H3,(H,32,33,34);/q;+1/p-1/t16-,17?,18?,19?,20?,21?,22?,23?,24?,25?,26+,27-;/m1./s1. The van der Waals surface area contributed by atoms with Crippen molar-refractivity contribution in [2.45, 2.75) is 103 Å². The third-order valence-electron chi connectivity index (χ3n) is 11.3. The van der Waals surface area contributed by atoms with E-state index in [9.17, 15) is 33.4 Å². The summed E-state index contributed by atoms with van der Waals surface area (Å²) in [6, 6.07) is 0. The van der Waals surface area contributed by atoms with Crippen molar-refractivity contribution in [3.05, 3.63) is 0 Å². The van der Waals surface area contributed by atoms with Gasteiger partial charge >= 0.3 is 29.6 Å². The second-order valence-corrected chi connectivity index (χ2v) is 14.3. The maximum atomic E-state index is 11.6. The van der Waals surface area contributed by atoms with Gasteiger partial charge in [-0.15, -0.1) is 0 Å². The first-order chi connectivity index (χ1) is 16.8. The fourth-order valence-corrected chi connectivity index (χ4v) is 9.98. The molecule has 9 unspecified atom stereocenters. The summed E-state index contributed by atoms with van der Waals surface area (Å²) < 4.78 is 36.5. The molecule has 8 nitrogen and oxygen atoms in total. The summed E-state index contributed by atoms with van der Waals surface area (Å²) in [6.07, 6.45) is 7.14. The summed E-state index contributed by atoms with van der Waals surface area (Å²) in [5, 5.41) is 42.8. The summed E-state index contributed by atoms with van der Waals surface area (Å²) in [5.41, 5.74) is -0.0823. The number of hydrogen-bond acceptors (Lipinski definition) is 8. The molecule has 0 saturated heterocycles. The number of hydrogen-bond donors (Lipinski definition) is 4.